The highest BCUT2D eigenvalue weighted by molar-refractivity contribution is 5.56. The minimum Gasteiger partial charge on any atom is -0.381 e. The van der Waals surface area contributed by atoms with Gasteiger partial charge in [0.25, 0.3) is 0 Å². The fraction of sp³-hybridized carbons (Fsp3) is 0.348. The number of hydrogen-bond acceptors (Lipinski definition) is 5. The van der Waals surface area contributed by atoms with Crippen molar-refractivity contribution in [2.45, 2.75) is 32.1 Å². The van der Waals surface area contributed by atoms with Crippen molar-refractivity contribution in [1.82, 2.24) is 15.0 Å². The van der Waals surface area contributed by atoms with Gasteiger partial charge in [-0.2, -0.15) is 0 Å². The number of aryl methyl sites for hydroxylation is 2. The monoisotopic (exact) mass is 374 g/mol. The molecule has 0 radical (unpaired) electrons. The maximum Gasteiger partial charge on any atom is 0.163 e. The predicted molar refractivity (Wildman–Crippen MR) is 111 cm³/mol. The van der Waals surface area contributed by atoms with Crippen LogP contribution in [0.25, 0.3) is 11.4 Å². The maximum atomic E-state index is 5.67. The molecule has 1 aliphatic heterocycles. The molecule has 0 amide bonds. The van der Waals surface area contributed by atoms with E-state index in [-0.39, 0.29) is 5.41 Å². The van der Waals surface area contributed by atoms with Gasteiger partial charge in [-0.25, -0.2) is 9.97 Å². The Morgan fingerprint density at radius 2 is 1.86 bits per heavy atom. The molecule has 1 fully saturated rings. The molecule has 1 aromatic carbocycles. The van der Waals surface area contributed by atoms with Gasteiger partial charge in [0.05, 0.1) is 0 Å². The van der Waals surface area contributed by atoms with E-state index >= 15 is 0 Å². The number of benzene rings is 1. The fourth-order valence-corrected chi connectivity index (χ4v) is 4.01. The highest BCUT2D eigenvalue weighted by Crippen LogP contribution is 2.37. The van der Waals surface area contributed by atoms with Crippen LogP contribution in [0.4, 0.5) is 5.82 Å². The number of aromatic nitrogens is 3. The van der Waals surface area contributed by atoms with E-state index in [1.807, 2.05) is 25.1 Å². The van der Waals surface area contributed by atoms with Crippen molar-refractivity contribution < 1.29 is 4.74 Å². The van der Waals surface area contributed by atoms with E-state index in [9.17, 15) is 0 Å². The zero-order chi connectivity index (χ0) is 19.4. The fourth-order valence-electron chi connectivity index (χ4n) is 4.01. The van der Waals surface area contributed by atoms with Crippen molar-refractivity contribution in [2.24, 2.45) is 0 Å². The van der Waals surface area contributed by atoms with Crippen LogP contribution in [0.2, 0.25) is 0 Å². The Morgan fingerprint density at radius 1 is 1.04 bits per heavy atom. The van der Waals surface area contributed by atoms with Crippen molar-refractivity contribution in [3.05, 3.63) is 71.7 Å². The normalized spacial score (nSPS) is 15.9. The summed E-state index contributed by atoms with van der Waals surface area (Å²) in [6.45, 7) is 6.60. The van der Waals surface area contributed by atoms with Gasteiger partial charge in [0.1, 0.15) is 5.82 Å². The van der Waals surface area contributed by atoms with Crippen LogP contribution in [-0.2, 0) is 10.2 Å². The van der Waals surface area contributed by atoms with Crippen LogP contribution in [0.3, 0.4) is 0 Å². The third-order valence-corrected chi connectivity index (χ3v) is 5.55. The average molecular weight is 374 g/mol. The van der Waals surface area contributed by atoms with E-state index in [0.717, 1.165) is 49.7 Å². The van der Waals surface area contributed by atoms with Gasteiger partial charge in [-0.1, -0.05) is 24.3 Å². The summed E-state index contributed by atoms with van der Waals surface area (Å²) >= 11 is 0. The van der Waals surface area contributed by atoms with E-state index in [1.165, 1.54) is 11.1 Å². The van der Waals surface area contributed by atoms with Crippen LogP contribution in [0.5, 0.6) is 0 Å². The van der Waals surface area contributed by atoms with Gasteiger partial charge in [0, 0.05) is 54.9 Å². The number of pyridine rings is 1. The minimum absolute atomic E-state index is 0.0525. The molecule has 1 saturated heterocycles. The Labute approximate surface area is 166 Å². The molecule has 4 rings (SSSR count). The largest absolute Gasteiger partial charge is 0.381 e. The molecule has 5 nitrogen and oxygen atoms in total. The quantitative estimate of drug-likeness (QED) is 0.721. The zero-order valence-corrected chi connectivity index (χ0v) is 16.5. The maximum absolute atomic E-state index is 5.67. The third-order valence-electron chi connectivity index (χ3n) is 5.55. The van der Waals surface area contributed by atoms with Crippen molar-refractivity contribution in [1.29, 1.82) is 0 Å². The Bertz CT molecular complexity index is 936. The van der Waals surface area contributed by atoms with Crippen LogP contribution in [0, 0.1) is 13.8 Å². The lowest BCUT2D eigenvalue weighted by molar-refractivity contribution is 0.0541. The van der Waals surface area contributed by atoms with Crippen LogP contribution in [0.1, 0.15) is 29.7 Å². The number of anilines is 1. The molecule has 1 N–H and O–H groups in total. The number of hydrogen-bond donors (Lipinski definition) is 1. The molecule has 3 heterocycles. The number of nitrogens with one attached hydrogen (secondary N) is 1. The van der Waals surface area contributed by atoms with E-state index < -0.39 is 0 Å². The standard InChI is InChI=1S/C23H26N4O/c1-17-6-3-4-8-20(17)23(9-12-28-13-10-23)16-25-21-14-18(2)26-22(27-21)19-7-5-11-24-15-19/h3-8,11,14-15H,9-10,12-13,16H2,1-2H3,(H,25,26,27). The second-order valence-corrected chi connectivity index (χ2v) is 7.52. The van der Waals surface area contributed by atoms with Gasteiger partial charge >= 0.3 is 0 Å². The van der Waals surface area contributed by atoms with E-state index in [0.29, 0.717) is 5.82 Å². The first-order valence-electron chi connectivity index (χ1n) is 9.80. The third kappa shape index (κ3) is 3.90. The Hall–Kier alpha value is -2.79. The van der Waals surface area contributed by atoms with Crippen molar-refractivity contribution in [3.8, 4) is 11.4 Å². The summed E-state index contributed by atoms with van der Waals surface area (Å²) in [5, 5.41) is 3.60. The van der Waals surface area contributed by atoms with Gasteiger partial charge in [0.2, 0.25) is 0 Å². The van der Waals surface area contributed by atoms with Crippen molar-refractivity contribution in [3.63, 3.8) is 0 Å². The lowest BCUT2D eigenvalue weighted by Crippen LogP contribution is -2.40. The lowest BCUT2D eigenvalue weighted by atomic mass is 9.72. The molecule has 0 atom stereocenters. The molecule has 2 aromatic heterocycles. The van der Waals surface area contributed by atoms with Crippen LogP contribution in [0.15, 0.2) is 54.9 Å². The molecule has 144 valence electrons. The lowest BCUT2D eigenvalue weighted by Gasteiger charge is -2.39. The molecule has 0 unspecified atom stereocenters. The summed E-state index contributed by atoms with van der Waals surface area (Å²) in [7, 11) is 0. The van der Waals surface area contributed by atoms with E-state index in [4.69, 9.17) is 9.72 Å². The zero-order valence-electron chi connectivity index (χ0n) is 16.5. The van der Waals surface area contributed by atoms with Gasteiger partial charge < -0.3 is 10.1 Å². The summed E-state index contributed by atoms with van der Waals surface area (Å²) in [6, 6.07) is 14.6. The molecular formula is C23H26N4O. The van der Waals surface area contributed by atoms with E-state index in [2.05, 4.69) is 46.5 Å². The summed E-state index contributed by atoms with van der Waals surface area (Å²) < 4.78 is 5.67. The topological polar surface area (TPSA) is 59.9 Å². The predicted octanol–water partition coefficient (Wildman–Crippen LogP) is 4.32. The number of rotatable bonds is 5. The highest BCUT2D eigenvalue weighted by atomic mass is 16.5. The first-order chi connectivity index (χ1) is 13.7. The first-order valence-corrected chi connectivity index (χ1v) is 9.80. The first kappa shape index (κ1) is 18.6. The summed E-state index contributed by atoms with van der Waals surface area (Å²) in [6.07, 6.45) is 5.57. The molecule has 5 heteroatoms. The number of ether oxygens (including phenoxy) is 1. The average Bonchev–Trinajstić information content (AvgIpc) is 2.73. The Balaban J connectivity index is 1.61. The molecule has 1 aliphatic rings. The SMILES string of the molecule is Cc1cc(NCC2(c3ccccc3C)CCOCC2)nc(-c2cccnc2)n1. The molecule has 28 heavy (non-hydrogen) atoms. The van der Waals surface area contributed by atoms with Crippen LogP contribution in [-0.4, -0.2) is 34.7 Å². The van der Waals surface area contributed by atoms with Crippen molar-refractivity contribution in [2.75, 3.05) is 25.1 Å². The van der Waals surface area contributed by atoms with Gasteiger partial charge in [-0.3, -0.25) is 4.98 Å². The minimum atomic E-state index is 0.0525. The van der Waals surface area contributed by atoms with Gasteiger partial charge in [0.15, 0.2) is 5.82 Å². The molecular weight excluding hydrogens is 348 g/mol. The van der Waals surface area contributed by atoms with E-state index in [1.54, 1.807) is 12.4 Å². The van der Waals surface area contributed by atoms with Crippen LogP contribution >= 0.6 is 0 Å². The second kappa shape index (κ2) is 8.07. The molecule has 0 bridgehead atoms. The highest BCUT2D eigenvalue weighted by Gasteiger charge is 2.35. The van der Waals surface area contributed by atoms with Gasteiger partial charge in [-0.05, 0) is 49.9 Å². The Morgan fingerprint density at radius 3 is 2.61 bits per heavy atom. The Kier molecular flexibility index (Phi) is 5.35. The van der Waals surface area contributed by atoms with Gasteiger partial charge in [-0.15, -0.1) is 0 Å². The molecule has 3 aromatic rings. The number of nitrogens with zero attached hydrogens (tertiary/aromatic N) is 3. The summed E-state index contributed by atoms with van der Waals surface area (Å²) in [5.74, 6) is 1.55. The molecule has 0 spiro atoms. The smallest absolute Gasteiger partial charge is 0.163 e. The molecule has 0 saturated carbocycles. The molecule has 0 aliphatic carbocycles. The summed E-state index contributed by atoms with van der Waals surface area (Å²) in [5.41, 5.74) is 4.66. The van der Waals surface area contributed by atoms with Crippen LogP contribution < -0.4 is 5.32 Å². The van der Waals surface area contributed by atoms with Crippen molar-refractivity contribution >= 4 is 5.82 Å². The second-order valence-electron chi connectivity index (χ2n) is 7.52. The summed E-state index contributed by atoms with van der Waals surface area (Å²) in [4.78, 5) is 13.5.